The monoisotopic (exact) mass is 173 g/mol. The number of hydrogen-bond acceptors (Lipinski definition) is 2. The molecule has 1 aliphatic heterocycles. The van der Waals surface area contributed by atoms with Crippen molar-refractivity contribution >= 4 is 5.69 Å². The summed E-state index contributed by atoms with van der Waals surface area (Å²) in [5.74, 6) is 0. The van der Waals surface area contributed by atoms with E-state index in [4.69, 9.17) is 5.11 Å². The van der Waals surface area contributed by atoms with Gasteiger partial charge in [0.15, 0.2) is 0 Å². The molecule has 0 unspecified atom stereocenters. The van der Waals surface area contributed by atoms with E-state index in [9.17, 15) is 0 Å². The van der Waals surface area contributed by atoms with Crippen molar-refractivity contribution in [2.24, 2.45) is 0 Å². The summed E-state index contributed by atoms with van der Waals surface area (Å²) in [6, 6.07) is 8.02. The minimum absolute atomic E-state index is 0.165. The van der Waals surface area contributed by atoms with Gasteiger partial charge in [0.05, 0.1) is 6.61 Å². The normalized spacial score (nSPS) is 14.4. The Morgan fingerprint density at radius 1 is 1.31 bits per heavy atom. The molecule has 1 heterocycles. The van der Waals surface area contributed by atoms with Crippen LogP contribution in [0.15, 0.2) is 36.5 Å². The summed E-state index contributed by atoms with van der Waals surface area (Å²) in [5.41, 5.74) is 2.19. The Labute approximate surface area is 78.1 Å². The zero-order valence-electron chi connectivity index (χ0n) is 7.27. The first kappa shape index (κ1) is 8.32. The van der Waals surface area contributed by atoms with Gasteiger partial charge in [0.25, 0.3) is 0 Å². The molecule has 2 radical (unpaired) electrons. The SMILES string of the molecule is OCCN1C=C[C]c2ccccc21. The van der Waals surface area contributed by atoms with Gasteiger partial charge in [0, 0.05) is 24.9 Å². The van der Waals surface area contributed by atoms with Crippen LogP contribution in [-0.4, -0.2) is 18.3 Å². The van der Waals surface area contributed by atoms with Gasteiger partial charge >= 0.3 is 0 Å². The van der Waals surface area contributed by atoms with E-state index in [1.165, 1.54) is 0 Å². The first-order chi connectivity index (χ1) is 6.42. The van der Waals surface area contributed by atoms with Crippen LogP contribution in [0.2, 0.25) is 0 Å². The van der Waals surface area contributed by atoms with Gasteiger partial charge in [0.1, 0.15) is 0 Å². The van der Waals surface area contributed by atoms with E-state index in [1.54, 1.807) is 0 Å². The van der Waals surface area contributed by atoms with Gasteiger partial charge < -0.3 is 10.0 Å². The Morgan fingerprint density at radius 3 is 3.00 bits per heavy atom. The minimum Gasteiger partial charge on any atom is -0.395 e. The highest BCUT2D eigenvalue weighted by molar-refractivity contribution is 5.62. The van der Waals surface area contributed by atoms with E-state index in [1.807, 2.05) is 41.4 Å². The zero-order valence-corrected chi connectivity index (χ0v) is 7.27. The van der Waals surface area contributed by atoms with Gasteiger partial charge in [-0.2, -0.15) is 0 Å². The number of aliphatic hydroxyl groups is 1. The second-order valence-corrected chi connectivity index (χ2v) is 2.89. The van der Waals surface area contributed by atoms with Gasteiger partial charge in [0.2, 0.25) is 0 Å². The lowest BCUT2D eigenvalue weighted by atomic mass is 10.1. The molecule has 0 aliphatic carbocycles. The van der Waals surface area contributed by atoms with Crippen LogP contribution < -0.4 is 4.90 Å². The van der Waals surface area contributed by atoms with Gasteiger partial charge in [-0.1, -0.05) is 24.3 Å². The fourth-order valence-electron chi connectivity index (χ4n) is 1.45. The molecule has 1 N–H and O–H groups in total. The van der Waals surface area contributed by atoms with E-state index in [-0.39, 0.29) is 6.61 Å². The lowest BCUT2D eigenvalue weighted by Gasteiger charge is -2.25. The van der Waals surface area contributed by atoms with E-state index in [0.717, 1.165) is 11.3 Å². The second-order valence-electron chi connectivity index (χ2n) is 2.89. The van der Waals surface area contributed by atoms with Crippen LogP contribution >= 0.6 is 0 Å². The molecular formula is C11H11NO. The van der Waals surface area contributed by atoms with Crippen LogP contribution in [0.5, 0.6) is 0 Å². The summed E-state index contributed by atoms with van der Waals surface area (Å²) in [6.07, 6.45) is 6.95. The Kier molecular flexibility index (Phi) is 2.32. The third-order valence-corrected chi connectivity index (χ3v) is 2.05. The van der Waals surface area contributed by atoms with Crippen molar-refractivity contribution in [3.05, 3.63) is 48.5 Å². The van der Waals surface area contributed by atoms with E-state index < -0.39 is 0 Å². The molecule has 1 aliphatic rings. The summed E-state index contributed by atoms with van der Waals surface area (Å²) >= 11 is 0. The summed E-state index contributed by atoms with van der Waals surface area (Å²) in [6.45, 7) is 0.799. The predicted molar refractivity (Wildman–Crippen MR) is 52.4 cm³/mol. The fourth-order valence-corrected chi connectivity index (χ4v) is 1.45. The average Bonchev–Trinajstić information content (AvgIpc) is 2.19. The molecule has 0 saturated carbocycles. The number of nitrogens with zero attached hydrogens (tertiary/aromatic N) is 1. The van der Waals surface area contributed by atoms with Gasteiger partial charge in [-0.05, 0) is 11.6 Å². The number of rotatable bonds is 2. The smallest absolute Gasteiger partial charge is 0.0610 e. The summed E-state index contributed by atoms with van der Waals surface area (Å²) < 4.78 is 0. The van der Waals surface area contributed by atoms with Gasteiger partial charge in [-0.25, -0.2) is 0 Å². The average molecular weight is 173 g/mol. The molecule has 66 valence electrons. The van der Waals surface area contributed by atoms with Gasteiger partial charge in [-0.15, -0.1) is 0 Å². The van der Waals surface area contributed by atoms with Crippen molar-refractivity contribution in [1.29, 1.82) is 0 Å². The van der Waals surface area contributed by atoms with Crippen LogP contribution in [0.1, 0.15) is 5.56 Å². The van der Waals surface area contributed by atoms with Crippen molar-refractivity contribution in [2.45, 2.75) is 0 Å². The molecule has 2 nitrogen and oxygen atoms in total. The first-order valence-corrected chi connectivity index (χ1v) is 4.31. The molecule has 0 amide bonds. The van der Waals surface area contributed by atoms with E-state index >= 15 is 0 Å². The van der Waals surface area contributed by atoms with Crippen LogP contribution in [0.4, 0.5) is 5.69 Å². The Morgan fingerprint density at radius 2 is 2.15 bits per heavy atom. The second kappa shape index (κ2) is 3.62. The third-order valence-electron chi connectivity index (χ3n) is 2.05. The molecule has 1 aromatic rings. The van der Waals surface area contributed by atoms with Crippen molar-refractivity contribution in [2.75, 3.05) is 18.1 Å². The van der Waals surface area contributed by atoms with Crippen LogP contribution in [0.25, 0.3) is 0 Å². The van der Waals surface area contributed by atoms with Crippen LogP contribution in [0.3, 0.4) is 0 Å². The molecule has 0 bridgehead atoms. The minimum atomic E-state index is 0.165. The molecule has 2 rings (SSSR count). The number of fused-ring (bicyclic) bond motifs is 1. The molecule has 2 heteroatoms. The number of anilines is 1. The Balaban J connectivity index is 2.31. The highest BCUT2D eigenvalue weighted by Gasteiger charge is 2.10. The van der Waals surface area contributed by atoms with E-state index in [0.29, 0.717) is 6.54 Å². The highest BCUT2D eigenvalue weighted by Crippen LogP contribution is 2.25. The van der Waals surface area contributed by atoms with Crippen molar-refractivity contribution in [3.8, 4) is 0 Å². The summed E-state index contributed by atoms with van der Waals surface area (Å²) in [5, 5.41) is 8.85. The lowest BCUT2D eigenvalue weighted by molar-refractivity contribution is 0.305. The maximum absolute atomic E-state index is 8.85. The summed E-state index contributed by atoms with van der Waals surface area (Å²) in [4.78, 5) is 2.02. The van der Waals surface area contributed by atoms with Crippen LogP contribution in [0, 0.1) is 6.42 Å². The maximum Gasteiger partial charge on any atom is 0.0610 e. The van der Waals surface area contributed by atoms with Crippen molar-refractivity contribution in [1.82, 2.24) is 0 Å². The molecule has 0 spiro atoms. The standard InChI is InChI=1S/C11H11NO/c13-9-8-12-7-3-5-10-4-1-2-6-11(10)12/h1-4,6-7,13H,8-9H2. The highest BCUT2D eigenvalue weighted by atomic mass is 16.3. The maximum atomic E-state index is 8.85. The van der Waals surface area contributed by atoms with E-state index in [2.05, 4.69) is 6.42 Å². The Hall–Kier alpha value is -1.28. The topological polar surface area (TPSA) is 23.5 Å². The van der Waals surface area contributed by atoms with Crippen LogP contribution in [-0.2, 0) is 0 Å². The quantitative estimate of drug-likeness (QED) is 0.731. The van der Waals surface area contributed by atoms with Gasteiger partial charge in [-0.3, -0.25) is 0 Å². The predicted octanol–water partition coefficient (Wildman–Crippen LogP) is 1.44. The first-order valence-electron chi connectivity index (χ1n) is 4.31. The summed E-state index contributed by atoms with van der Waals surface area (Å²) in [7, 11) is 0. The molecule has 13 heavy (non-hydrogen) atoms. The lowest BCUT2D eigenvalue weighted by Crippen LogP contribution is -2.23. The van der Waals surface area contributed by atoms with Crippen molar-refractivity contribution in [3.63, 3.8) is 0 Å². The largest absolute Gasteiger partial charge is 0.395 e. The molecule has 0 atom stereocenters. The zero-order chi connectivity index (χ0) is 9.10. The number of aliphatic hydroxyl groups excluding tert-OH is 1. The molecule has 0 saturated heterocycles. The number of β-amino-alcohol motifs (C(OH)–C–C–N with tert-alkyl or cyclic N) is 1. The molecule has 1 aromatic carbocycles. The third kappa shape index (κ3) is 1.58. The fraction of sp³-hybridized carbons (Fsp3) is 0.182. The number of benzene rings is 1. The number of allylic oxidation sites excluding steroid dienone is 1. The molecular weight excluding hydrogens is 162 g/mol. The Bertz CT molecular complexity index is 320. The molecule has 0 fully saturated rings. The number of hydrogen-bond donors (Lipinski definition) is 1. The number of para-hydroxylation sites is 1. The molecule has 0 aromatic heterocycles. The van der Waals surface area contributed by atoms with Crippen molar-refractivity contribution < 1.29 is 5.11 Å².